The van der Waals surface area contributed by atoms with E-state index < -0.39 is 7.82 Å². The molecule has 0 aliphatic carbocycles. The first-order chi connectivity index (χ1) is 2.00. The zero-order chi connectivity index (χ0) is 4.50. The molecule has 0 rings (SSSR count). The second kappa shape index (κ2) is 6.40. The topological polar surface area (TPSA) is 86.2 Å². The van der Waals surface area contributed by atoms with Crippen LogP contribution >= 0.6 is 7.82 Å². The van der Waals surface area contributed by atoms with Gasteiger partial charge in [0, 0.05) is 0 Å². The van der Waals surface area contributed by atoms with Crippen molar-refractivity contribution < 1.29 is 70.6 Å². The Balaban J connectivity index is -0.0000000800. The monoisotopic (exact) mass is 161 g/mol. The van der Waals surface area contributed by atoms with Crippen molar-refractivity contribution in [2.75, 3.05) is 0 Å². The SMILES string of the molecule is O=P([O-])([O-])[O-].[Al+3].[K+]. The zero-order valence-corrected chi connectivity index (χ0v) is 8.83. The molecule has 0 saturated carbocycles. The van der Waals surface area contributed by atoms with Gasteiger partial charge < -0.3 is 19.2 Å². The molecule has 7 heteroatoms. The van der Waals surface area contributed by atoms with Crippen LogP contribution in [0.5, 0.6) is 0 Å². The van der Waals surface area contributed by atoms with Crippen LogP contribution in [-0.4, -0.2) is 17.4 Å². The average molecular weight is 161 g/mol. The van der Waals surface area contributed by atoms with Gasteiger partial charge >= 0.3 is 68.7 Å². The molecule has 0 bridgehead atoms. The molecule has 0 aromatic heterocycles. The minimum atomic E-state index is -5.39. The van der Waals surface area contributed by atoms with Crippen molar-refractivity contribution >= 4 is 25.2 Å². The first kappa shape index (κ1) is 16.1. The molecular formula is AlKO4P+. The minimum Gasteiger partial charge on any atom is -0.822 e. The maximum absolute atomic E-state index is 8.55. The molecule has 0 N–H and O–H groups in total. The molecule has 0 radical (unpaired) electrons. The molecule has 0 atom stereocenters. The fraction of sp³-hybridized carbons (Fsp3) is 0. The molecule has 0 heterocycles. The van der Waals surface area contributed by atoms with Gasteiger partial charge in [0.25, 0.3) is 0 Å². The summed E-state index contributed by atoms with van der Waals surface area (Å²) in [4.78, 5) is 25.6. The Morgan fingerprint density at radius 2 is 1.14 bits per heavy atom. The fourth-order valence-electron chi connectivity index (χ4n) is 0. The second-order valence-corrected chi connectivity index (χ2v) is 1.34. The summed E-state index contributed by atoms with van der Waals surface area (Å²) in [5.74, 6) is 0. The van der Waals surface area contributed by atoms with Crippen molar-refractivity contribution in [1.82, 2.24) is 0 Å². The molecule has 0 aromatic carbocycles. The molecule has 0 saturated heterocycles. The van der Waals surface area contributed by atoms with Gasteiger partial charge in [-0.2, -0.15) is 7.82 Å². The van der Waals surface area contributed by atoms with Gasteiger partial charge in [0.15, 0.2) is 0 Å². The normalized spacial score (nSPS) is 8.43. The molecule has 0 aliphatic rings. The summed E-state index contributed by atoms with van der Waals surface area (Å²) in [5, 5.41) is 0. The molecule has 32 valence electrons. The zero-order valence-electron chi connectivity index (χ0n) is 3.66. The summed E-state index contributed by atoms with van der Waals surface area (Å²) in [6, 6.07) is 0. The van der Waals surface area contributed by atoms with Crippen LogP contribution < -0.4 is 66.1 Å². The molecule has 0 aromatic rings. The van der Waals surface area contributed by atoms with Gasteiger partial charge in [-0.05, 0) is 0 Å². The van der Waals surface area contributed by atoms with Gasteiger partial charge in [-0.1, -0.05) is 0 Å². The second-order valence-electron chi connectivity index (χ2n) is 0.447. The summed E-state index contributed by atoms with van der Waals surface area (Å²) < 4.78 is 8.55. The van der Waals surface area contributed by atoms with Crippen molar-refractivity contribution in [1.29, 1.82) is 0 Å². The molecule has 0 fully saturated rings. The van der Waals surface area contributed by atoms with E-state index in [0.29, 0.717) is 0 Å². The van der Waals surface area contributed by atoms with Crippen LogP contribution in [-0.2, 0) is 4.57 Å². The number of hydrogen-bond acceptors (Lipinski definition) is 4. The van der Waals surface area contributed by atoms with E-state index in [1.165, 1.54) is 0 Å². The van der Waals surface area contributed by atoms with Gasteiger partial charge in [0.1, 0.15) is 0 Å². The van der Waals surface area contributed by atoms with Crippen molar-refractivity contribution in [3.8, 4) is 0 Å². The van der Waals surface area contributed by atoms with E-state index in [9.17, 15) is 0 Å². The van der Waals surface area contributed by atoms with E-state index in [2.05, 4.69) is 0 Å². The van der Waals surface area contributed by atoms with E-state index in [-0.39, 0.29) is 68.7 Å². The molecule has 4 nitrogen and oxygen atoms in total. The Bertz CT molecular complexity index is 57.8. The largest absolute Gasteiger partial charge is 3.00 e. The molecular weight excluding hydrogens is 161 g/mol. The van der Waals surface area contributed by atoms with Gasteiger partial charge in [-0.25, -0.2) is 0 Å². The van der Waals surface area contributed by atoms with Gasteiger partial charge in [-0.3, -0.25) is 0 Å². The number of phosphoric acid groups is 1. The summed E-state index contributed by atoms with van der Waals surface area (Å²) in [5.41, 5.74) is 0. The Morgan fingerprint density at radius 1 is 1.14 bits per heavy atom. The third-order valence-corrected chi connectivity index (χ3v) is 0. The Hall–Kier alpha value is 2.28. The quantitative estimate of drug-likeness (QED) is 0.261. The fourth-order valence-corrected chi connectivity index (χ4v) is 0. The molecule has 0 unspecified atom stereocenters. The third-order valence-electron chi connectivity index (χ3n) is 0. The van der Waals surface area contributed by atoms with Crippen LogP contribution in [0.25, 0.3) is 0 Å². The molecule has 0 spiro atoms. The number of rotatable bonds is 0. The van der Waals surface area contributed by atoms with Gasteiger partial charge in [0.05, 0.1) is 0 Å². The van der Waals surface area contributed by atoms with Crippen LogP contribution in [0.1, 0.15) is 0 Å². The Kier molecular flexibility index (Phi) is 14.7. The summed E-state index contributed by atoms with van der Waals surface area (Å²) >= 11 is 0. The van der Waals surface area contributed by atoms with Gasteiger partial charge in [-0.15, -0.1) is 0 Å². The third kappa shape index (κ3) is 62.8. The van der Waals surface area contributed by atoms with E-state index >= 15 is 0 Å². The van der Waals surface area contributed by atoms with Crippen LogP contribution in [0.2, 0.25) is 0 Å². The van der Waals surface area contributed by atoms with Crippen LogP contribution in [0, 0.1) is 0 Å². The average Bonchev–Trinajstić information content (AvgIpc) is 0.722. The van der Waals surface area contributed by atoms with E-state index in [4.69, 9.17) is 19.2 Å². The predicted molar refractivity (Wildman–Crippen MR) is 13.4 cm³/mol. The van der Waals surface area contributed by atoms with Crippen molar-refractivity contribution in [3.05, 3.63) is 0 Å². The molecule has 0 amide bonds. The van der Waals surface area contributed by atoms with E-state index in [1.54, 1.807) is 0 Å². The van der Waals surface area contributed by atoms with Crippen molar-refractivity contribution in [2.24, 2.45) is 0 Å². The van der Waals surface area contributed by atoms with Crippen LogP contribution in [0.15, 0.2) is 0 Å². The van der Waals surface area contributed by atoms with Crippen LogP contribution in [0.4, 0.5) is 0 Å². The maximum Gasteiger partial charge on any atom is 3.00 e. The molecule has 0 aliphatic heterocycles. The Morgan fingerprint density at radius 3 is 1.14 bits per heavy atom. The predicted octanol–water partition coefficient (Wildman–Crippen LogP) is -6.20. The number of hydrogen-bond donors (Lipinski definition) is 0. The maximum atomic E-state index is 8.55. The smallest absolute Gasteiger partial charge is 0.822 e. The minimum absolute atomic E-state index is 0. The summed E-state index contributed by atoms with van der Waals surface area (Å²) in [6.07, 6.45) is 0. The van der Waals surface area contributed by atoms with E-state index in [1.807, 2.05) is 0 Å². The Labute approximate surface area is 94.1 Å². The van der Waals surface area contributed by atoms with E-state index in [0.717, 1.165) is 0 Å². The van der Waals surface area contributed by atoms with Crippen molar-refractivity contribution in [3.63, 3.8) is 0 Å². The first-order valence-electron chi connectivity index (χ1n) is 0.730. The van der Waals surface area contributed by atoms with Crippen LogP contribution in [0.3, 0.4) is 0 Å². The van der Waals surface area contributed by atoms with Crippen molar-refractivity contribution in [2.45, 2.75) is 0 Å². The van der Waals surface area contributed by atoms with Gasteiger partial charge in [0.2, 0.25) is 0 Å². The standard InChI is InChI=1S/Al.K.H3O4P/c;;1-5(2,3)4/h;;(H3,1,2,3,4)/q+3;+1;/p-3. The summed E-state index contributed by atoms with van der Waals surface area (Å²) in [7, 11) is -5.39. The summed E-state index contributed by atoms with van der Waals surface area (Å²) in [6.45, 7) is 0. The molecule has 7 heavy (non-hydrogen) atoms. The first-order valence-corrected chi connectivity index (χ1v) is 2.19.